The standard InChI is InChI=1S/C22H17Cl2F3N2O2/c23-14-11-15-19(17(24)12-14)21(28-20(15)31)7-9-29(10-8-21)18(30)6-5-13-3-1-2-4-16(13)22(25,26)27/h1-6,11-12H,7-10H2,(H,28,31). The SMILES string of the molecule is O=C1NC2(CCN(C(=O)C=Cc3ccccc3C(F)(F)F)CC2)c2c(Cl)cc(Cl)cc21. The van der Waals surface area contributed by atoms with Crippen LogP contribution in [0.5, 0.6) is 0 Å². The number of rotatable bonds is 2. The van der Waals surface area contributed by atoms with Crippen LogP contribution in [0.25, 0.3) is 6.08 Å². The first kappa shape index (κ1) is 21.7. The van der Waals surface area contributed by atoms with Gasteiger partial charge in [-0.25, -0.2) is 0 Å². The summed E-state index contributed by atoms with van der Waals surface area (Å²) in [5, 5.41) is 3.74. The van der Waals surface area contributed by atoms with Crippen LogP contribution in [0.3, 0.4) is 0 Å². The molecule has 1 saturated heterocycles. The highest BCUT2D eigenvalue weighted by molar-refractivity contribution is 6.36. The quantitative estimate of drug-likeness (QED) is 0.609. The maximum atomic E-state index is 13.1. The Morgan fingerprint density at radius 1 is 1.13 bits per heavy atom. The van der Waals surface area contributed by atoms with E-state index in [-0.39, 0.29) is 11.5 Å². The number of alkyl halides is 3. The number of carbonyl (C=O) groups excluding carboxylic acids is 2. The van der Waals surface area contributed by atoms with Gasteiger partial charge in [0.15, 0.2) is 0 Å². The van der Waals surface area contributed by atoms with Crippen molar-refractivity contribution in [2.24, 2.45) is 0 Å². The van der Waals surface area contributed by atoms with Gasteiger partial charge in [0.2, 0.25) is 5.91 Å². The Morgan fingerprint density at radius 3 is 2.48 bits per heavy atom. The Hall–Kier alpha value is -2.51. The Bertz CT molecular complexity index is 1090. The maximum absolute atomic E-state index is 13.1. The average Bonchev–Trinajstić information content (AvgIpc) is 2.97. The molecule has 0 aromatic heterocycles. The van der Waals surface area contributed by atoms with Crippen molar-refractivity contribution in [1.29, 1.82) is 0 Å². The second kappa shape index (κ2) is 7.88. The van der Waals surface area contributed by atoms with Crippen LogP contribution in [0.4, 0.5) is 13.2 Å². The molecule has 0 saturated carbocycles. The lowest BCUT2D eigenvalue weighted by Gasteiger charge is -2.39. The lowest BCUT2D eigenvalue weighted by atomic mass is 9.81. The molecule has 4 rings (SSSR count). The summed E-state index contributed by atoms with van der Waals surface area (Å²) in [6.07, 6.45) is -1.30. The fourth-order valence-corrected chi connectivity index (χ4v) is 4.91. The molecule has 31 heavy (non-hydrogen) atoms. The lowest BCUT2D eigenvalue weighted by Crippen LogP contribution is -2.50. The minimum atomic E-state index is -4.50. The second-order valence-electron chi connectivity index (χ2n) is 7.59. The fourth-order valence-electron chi connectivity index (χ4n) is 4.24. The van der Waals surface area contributed by atoms with Crippen LogP contribution < -0.4 is 5.32 Å². The Balaban J connectivity index is 1.49. The molecule has 2 heterocycles. The van der Waals surface area contributed by atoms with Gasteiger partial charge in [-0.3, -0.25) is 9.59 Å². The summed E-state index contributed by atoms with van der Waals surface area (Å²) in [7, 11) is 0. The number of likely N-dealkylation sites (tertiary alicyclic amines) is 1. The molecule has 1 fully saturated rings. The van der Waals surface area contributed by atoms with Gasteiger partial charge >= 0.3 is 6.18 Å². The van der Waals surface area contributed by atoms with E-state index in [2.05, 4.69) is 5.32 Å². The number of piperidine rings is 1. The van der Waals surface area contributed by atoms with Gasteiger partial charge in [0.1, 0.15) is 0 Å². The Labute approximate surface area is 186 Å². The van der Waals surface area contributed by atoms with E-state index >= 15 is 0 Å². The van der Waals surface area contributed by atoms with Crippen LogP contribution >= 0.6 is 23.2 Å². The van der Waals surface area contributed by atoms with Crippen LogP contribution in [0, 0.1) is 0 Å². The molecule has 0 aliphatic carbocycles. The summed E-state index contributed by atoms with van der Waals surface area (Å²) < 4.78 is 39.4. The van der Waals surface area contributed by atoms with Gasteiger partial charge in [-0.15, -0.1) is 0 Å². The molecule has 4 nitrogen and oxygen atoms in total. The zero-order valence-corrected chi connectivity index (χ0v) is 17.6. The molecule has 0 radical (unpaired) electrons. The van der Waals surface area contributed by atoms with Crippen molar-refractivity contribution in [3.63, 3.8) is 0 Å². The number of nitrogens with zero attached hydrogens (tertiary/aromatic N) is 1. The molecule has 1 spiro atoms. The lowest BCUT2D eigenvalue weighted by molar-refractivity contribution is -0.137. The number of hydrogen-bond donors (Lipinski definition) is 1. The van der Waals surface area contributed by atoms with Gasteiger partial charge in [0, 0.05) is 40.3 Å². The van der Waals surface area contributed by atoms with Crippen molar-refractivity contribution in [3.8, 4) is 0 Å². The molecule has 2 aliphatic heterocycles. The van der Waals surface area contributed by atoms with Crippen molar-refractivity contribution < 1.29 is 22.8 Å². The first-order chi connectivity index (χ1) is 14.6. The molecule has 162 valence electrons. The Kier molecular flexibility index (Phi) is 5.52. The largest absolute Gasteiger partial charge is 0.416 e. The number of benzene rings is 2. The predicted molar refractivity (Wildman–Crippen MR) is 112 cm³/mol. The van der Waals surface area contributed by atoms with E-state index in [1.54, 1.807) is 17.0 Å². The third kappa shape index (κ3) is 4.04. The van der Waals surface area contributed by atoms with Crippen LogP contribution in [0.2, 0.25) is 10.0 Å². The molecular formula is C22H17Cl2F3N2O2. The summed E-state index contributed by atoms with van der Waals surface area (Å²) >= 11 is 12.4. The van der Waals surface area contributed by atoms with Crippen LogP contribution in [0.1, 0.15) is 39.9 Å². The zero-order valence-electron chi connectivity index (χ0n) is 16.1. The van der Waals surface area contributed by atoms with Crippen molar-refractivity contribution in [2.75, 3.05) is 13.1 Å². The van der Waals surface area contributed by atoms with E-state index < -0.39 is 23.2 Å². The van der Waals surface area contributed by atoms with Gasteiger partial charge in [-0.2, -0.15) is 13.2 Å². The molecule has 0 bridgehead atoms. The molecule has 0 atom stereocenters. The third-order valence-electron chi connectivity index (χ3n) is 5.73. The summed E-state index contributed by atoms with van der Waals surface area (Å²) in [6.45, 7) is 0.644. The van der Waals surface area contributed by atoms with E-state index in [4.69, 9.17) is 23.2 Å². The average molecular weight is 469 g/mol. The summed E-state index contributed by atoms with van der Waals surface area (Å²) in [5.41, 5.74) is -0.434. The highest BCUT2D eigenvalue weighted by Crippen LogP contribution is 2.44. The molecular weight excluding hydrogens is 452 g/mol. The summed E-state index contributed by atoms with van der Waals surface area (Å²) in [5.74, 6) is -0.651. The van der Waals surface area contributed by atoms with E-state index in [9.17, 15) is 22.8 Å². The smallest absolute Gasteiger partial charge is 0.342 e. The normalized spacial score (nSPS) is 17.8. The number of hydrogen-bond acceptors (Lipinski definition) is 2. The Morgan fingerprint density at radius 2 is 1.81 bits per heavy atom. The fraction of sp³-hybridized carbons (Fsp3) is 0.273. The predicted octanol–water partition coefficient (Wildman–Crippen LogP) is 5.29. The van der Waals surface area contributed by atoms with E-state index in [0.29, 0.717) is 47.1 Å². The van der Waals surface area contributed by atoms with Crippen molar-refractivity contribution in [1.82, 2.24) is 10.2 Å². The molecule has 2 aromatic rings. The third-order valence-corrected chi connectivity index (χ3v) is 6.25. The highest BCUT2D eigenvalue weighted by Gasteiger charge is 2.46. The van der Waals surface area contributed by atoms with E-state index in [1.165, 1.54) is 24.3 Å². The van der Waals surface area contributed by atoms with Gasteiger partial charge in [0.25, 0.3) is 5.91 Å². The van der Waals surface area contributed by atoms with Gasteiger partial charge in [-0.1, -0.05) is 41.4 Å². The van der Waals surface area contributed by atoms with E-state index in [0.717, 1.165) is 12.1 Å². The van der Waals surface area contributed by atoms with Gasteiger partial charge in [-0.05, 0) is 42.7 Å². The molecule has 2 aromatic carbocycles. The second-order valence-corrected chi connectivity index (χ2v) is 8.43. The summed E-state index contributed by atoms with van der Waals surface area (Å²) in [4.78, 5) is 26.6. The van der Waals surface area contributed by atoms with Crippen LogP contribution in [-0.4, -0.2) is 29.8 Å². The minimum absolute atomic E-state index is 0.0718. The maximum Gasteiger partial charge on any atom is 0.416 e. The number of carbonyl (C=O) groups is 2. The number of nitrogens with one attached hydrogen (secondary N) is 1. The monoisotopic (exact) mass is 468 g/mol. The van der Waals surface area contributed by atoms with Crippen LogP contribution in [0.15, 0.2) is 42.5 Å². The van der Waals surface area contributed by atoms with Crippen molar-refractivity contribution >= 4 is 41.1 Å². The molecule has 1 N–H and O–H groups in total. The number of amides is 2. The first-order valence-corrected chi connectivity index (χ1v) is 10.3. The first-order valence-electron chi connectivity index (χ1n) is 9.56. The molecule has 2 aliphatic rings. The highest BCUT2D eigenvalue weighted by atomic mass is 35.5. The summed E-state index contributed by atoms with van der Waals surface area (Å²) in [6, 6.07) is 8.24. The number of halogens is 5. The minimum Gasteiger partial charge on any atom is -0.342 e. The van der Waals surface area contributed by atoms with E-state index in [1.807, 2.05) is 0 Å². The molecule has 2 amide bonds. The van der Waals surface area contributed by atoms with Crippen LogP contribution in [-0.2, 0) is 16.5 Å². The van der Waals surface area contributed by atoms with Gasteiger partial charge < -0.3 is 10.2 Å². The van der Waals surface area contributed by atoms with Gasteiger partial charge in [0.05, 0.1) is 11.1 Å². The number of fused-ring (bicyclic) bond motifs is 2. The topological polar surface area (TPSA) is 49.4 Å². The van der Waals surface area contributed by atoms with Crippen molar-refractivity contribution in [3.05, 3.63) is 74.8 Å². The molecule has 9 heteroatoms. The zero-order chi connectivity index (χ0) is 22.4. The molecule has 0 unspecified atom stereocenters. The van der Waals surface area contributed by atoms with Crippen molar-refractivity contribution in [2.45, 2.75) is 24.6 Å².